The first-order valence-electron chi connectivity index (χ1n) is 5.75. The van der Waals surface area contributed by atoms with Gasteiger partial charge in [0, 0.05) is 11.9 Å². The van der Waals surface area contributed by atoms with E-state index in [1.165, 1.54) is 12.1 Å². The molecule has 20 heavy (non-hydrogen) atoms. The van der Waals surface area contributed by atoms with Gasteiger partial charge in [-0.05, 0) is 52.3 Å². The van der Waals surface area contributed by atoms with E-state index in [0.717, 1.165) is 10.2 Å². The molecule has 0 unspecified atom stereocenters. The average molecular weight is 333 g/mol. The molecule has 0 fully saturated rings. The summed E-state index contributed by atoms with van der Waals surface area (Å²) in [5.41, 5.74) is 1.67. The number of aromatic nitrogens is 3. The largest absolute Gasteiger partial charge is 0.478 e. The molecule has 0 saturated carbocycles. The summed E-state index contributed by atoms with van der Waals surface area (Å²) in [6.07, 6.45) is 1.80. The van der Waals surface area contributed by atoms with Crippen molar-refractivity contribution in [2.45, 2.75) is 0 Å². The molecule has 0 aliphatic heterocycles. The van der Waals surface area contributed by atoms with Crippen LogP contribution in [0, 0.1) is 0 Å². The van der Waals surface area contributed by atoms with E-state index in [9.17, 15) is 4.79 Å². The monoisotopic (exact) mass is 332 g/mol. The van der Waals surface area contributed by atoms with E-state index in [-0.39, 0.29) is 5.56 Å². The fraction of sp³-hybridized carbons (Fsp3) is 0. The Morgan fingerprint density at radius 3 is 2.65 bits per heavy atom. The highest BCUT2D eigenvalue weighted by atomic mass is 79.9. The van der Waals surface area contributed by atoms with Gasteiger partial charge in [0.1, 0.15) is 0 Å². The van der Waals surface area contributed by atoms with E-state index in [2.05, 4.69) is 31.3 Å². The van der Waals surface area contributed by atoms with E-state index in [4.69, 9.17) is 5.11 Å². The number of nitrogens with zero attached hydrogens (tertiary/aromatic N) is 3. The molecule has 0 spiro atoms. The molecule has 6 nitrogen and oxygen atoms in total. The van der Waals surface area contributed by atoms with Crippen LogP contribution in [0.1, 0.15) is 10.4 Å². The van der Waals surface area contributed by atoms with Crippen molar-refractivity contribution in [2.24, 2.45) is 0 Å². The van der Waals surface area contributed by atoms with Gasteiger partial charge in [0.25, 0.3) is 0 Å². The second-order valence-electron chi connectivity index (χ2n) is 4.07. The number of fused-ring (bicyclic) bond motifs is 1. The number of halogens is 1. The Morgan fingerprint density at radius 2 is 2.00 bits per heavy atom. The number of carbonyl (C=O) groups is 1. The third-order valence-electron chi connectivity index (χ3n) is 2.70. The molecule has 3 rings (SSSR count). The summed E-state index contributed by atoms with van der Waals surface area (Å²) in [5.74, 6) is -0.508. The maximum atomic E-state index is 10.8. The molecule has 2 heterocycles. The first-order chi connectivity index (χ1) is 9.63. The van der Waals surface area contributed by atoms with Gasteiger partial charge >= 0.3 is 5.97 Å². The summed E-state index contributed by atoms with van der Waals surface area (Å²) in [6.45, 7) is 0. The molecule has 0 saturated heterocycles. The minimum Gasteiger partial charge on any atom is -0.478 e. The molecule has 3 aromatic rings. The molecule has 0 atom stereocenters. The lowest BCUT2D eigenvalue weighted by Gasteiger charge is -2.01. The van der Waals surface area contributed by atoms with Crippen LogP contribution in [0.2, 0.25) is 0 Å². The molecule has 7 heteroatoms. The van der Waals surface area contributed by atoms with Crippen molar-refractivity contribution in [3.8, 4) is 0 Å². The smallest absolute Gasteiger partial charge is 0.335 e. The van der Waals surface area contributed by atoms with E-state index < -0.39 is 5.97 Å². The summed E-state index contributed by atoms with van der Waals surface area (Å²) in [7, 11) is 0. The van der Waals surface area contributed by atoms with Crippen molar-refractivity contribution in [1.82, 2.24) is 14.6 Å². The molecule has 0 bridgehead atoms. The number of carboxylic acid groups (broad SMARTS) is 1. The van der Waals surface area contributed by atoms with Crippen LogP contribution in [0.5, 0.6) is 0 Å². The number of carboxylic acids is 1. The van der Waals surface area contributed by atoms with Crippen molar-refractivity contribution in [2.75, 3.05) is 5.32 Å². The summed E-state index contributed by atoms with van der Waals surface area (Å²) >= 11 is 3.40. The number of nitrogens with one attached hydrogen (secondary N) is 1. The van der Waals surface area contributed by atoms with Gasteiger partial charge in [0.15, 0.2) is 5.65 Å². The number of anilines is 2. The molecule has 0 radical (unpaired) electrons. The Labute approximate surface area is 122 Å². The molecular weight excluding hydrogens is 324 g/mol. The number of hydrogen-bond acceptors (Lipinski definition) is 4. The lowest BCUT2D eigenvalue weighted by Crippen LogP contribution is -1.97. The van der Waals surface area contributed by atoms with E-state index >= 15 is 0 Å². The molecular formula is C13H9BrN4O2. The highest BCUT2D eigenvalue weighted by Gasteiger charge is 2.07. The Balaban J connectivity index is 1.89. The van der Waals surface area contributed by atoms with Gasteiger partial charge < -0.3 is 10.4 Å². The molecule has 2 N–H and O–H groups in total. The predicted molar refractivity (Wildman–Crippen MR) is 77.4 cm³/mol. The van der Waals surface area contributed by atoms with Crippen LogP contribution in [0.25, 0.3) is 5.65 Å². The normalized spacial score (nSPS) is 10.7. The summed E-state index contributed by atoms with van der Waals surface area (Å²) in [5, 5.41) is 16.1. The standard InChI is InChI=1S/C13H9BrN4O2/c14-10-2-1-7-18-11(10)16-13(17-18)15-9-5-3-8(4-6-9)12(19)20/h1-7H,(H,15,17)(H,19,20). The highest BCUT2D eigenvalue weighted by Crippen LogP contribution is 2.19. The molecule has 0 aliphatic carbocycles. The predicted octanol–water partition coefficient (Wildman–Crippen LogP) is 2.93. The van der Waals surface area contributed by atoms with Crippen LogP contribution >= 0.6 is 15.9 Å². The van der Waals surface area contributed by atoms with Gasteiger partial charge in [-0.1, -0.05) is 0 Å². The zero-order valence-corrected chi connectivity index (χ0v) is 11.7. The van der Waals surface area contributed by atoms with Crippen LogP contribution in [0.15, 0.2) is 47.1 Å². The van der Waals surface area contributed by atoms with Crippen molar-refractivity contribution < 1.29 is 9.90 Å². The fourth-order valence-corrected chi connectivity index (χ4v) is 2.17. The number of benzene rings is 1. The van der Waals surface area contributed by atoms with Crippen molar-refractivity contribution in [3.63, 3.8) is 0 Å². The van der Waals surface area contributed by atoms with E-state index in [0.29, 0.717) is 11.6 Å². The maximum Gasteiger partial charge on any atom is 0.335 e. The Bertz CT molecular complexity index is 783. The van der Waals surface area contributed by atoms with Gasteiger partial charge in [-0.2, -0.15) is 4.98 Å². The molecule has 100 valence electrons. The zero-order valence-electron chi connectivity index (χ0n) is 10.1. The maximum absolute atomic E-state index is 10.8. The van der Waals surface area contributed by atoms with Crippen molar-refractivity contribution >= 4 is 39.2 Å². The van der Waals surface area contributed by atoms with Crippen LogP contribution < -0.4 is 5.32 Å². The lowest BCUT2D eigenvalue weighted by atomic mass is 10.2. The van der Waals surface area contributed by atoms with Crippen molar-refractivity contribution in [3.05, 3.63) is 52.6 Å². The van der Waals surface area contributed by atoms with E-state index in [1.807, 2.05) is 12.1 Å². The number of pyridine rings is 1. The average Bonchev–Trinajstić information content (AvgIpc) is 2.83. The minimum atomic E-state index is -0.952. The van der Waals surface area contributed by atoms with Crippen molar-refractivity contribution in [1.29, 1.82) is 0 Å². The van der Waals surface area contributed by atoms with Gasteiger partial charge in [0.05, 0.1) is 10.0 Å². The molecule has 2 aromatic heterocycles. The van der Waals surface area contributed by atoms with E-state index in [1.54, 1.807) is 22.8 Å². The third-order valence-corrected chi connectivity index (χ3v) is 3.32. The fourth-order valence-electron chi connectivity index (χ4n) is 1.75. The van der Waals surface area contributed by atoms with Crippen LogP contribution in [-0.4, -0.2) is 25.7 Å². The quantitative estimate of drug-likeness (QED) is 0.770. The van der Waals surface area contributed by atoms with Crippen LogP contribution in [0.4, 0.5) is 11.6 Å². The second-order valence-corrected chi connectivity index (χ2v) is 4.92. The third kappa shape index (κ3) is 2.35. The Hall–Kier alpha value is -2.41. The number of rotatable bonds is 3. The molecule has 0 aliphatic rings. The minimum absolute atomic E-state index is 0.237. The molecule has 1 aromatic carbocycles. The SMILES string of the molecule is O=C(O)c1ccc(Nc2nc3c(Br)cccn3n2)cc1. The van der Waals surface area contributed by atoms with Gasteiger partial charge in [-0.25, -0.2) is 9.31 Å². The topological polar surface area (TPSA) is 79.5 Å². The van der Waals surface area contributed by atoms with Gasteiger partial charge in [-0.15, -0.1) is 5.10 Å². The summed E-state index contributed by atoms with van der Waals surface area (Å²) < 4.78 is 2.50. The lowest BCUT2D eigenvalue weighted by molar-refractivity contribution is 0.0697. The zero-order chi connectivity index (χ0) is 14.1. The Morgan fingerprint density at radius 1 is 1.25 bits per heavy atom. The first kappa shape index (κ1) is 12.6. The molecule has 0 amide bonds. The van der Waals surface area contributed by atoms with Gasteiger partial charge in [0.2, 0.25) is 5.95 Å². The Kier molecular flexibility index (Phi) is 3.11. The number of hydrogen-bond donors (Lipinski definition) is 2. The van der Waals surface area contributed by atoms with Gasteiger partial charge in [-0.3, -0.25) is 0 Å². The summed E-state index contributed by atoms with van der Waals surface area (Å²) in [6, 6.07) is 10.1. The second kappa shape index (κ2) is 4.93. The summed E-state index contributed by atoms with van der Waals surface area (Å²) in [4.78, 5) is 15.1. The first-order valence-corrected chi connectivity index (χ1v) is 6.54. The number of aromatic carboxylic acids is 1. The van der Waals surface area contributed by atoms with Crippen LogP contribution in [0.3, 0.4) is 0 Å². The highest BCUT2D eigenvalue weighted by molar-refractivity contribution is 9.10. The van der Waals surface area contributed by atoms with Crippen LogP contribution in [-0.2, 0) is 0 Å².